The summed E-state index contributed by atoms with van der Waals surface area (Å²) in [6.45, 7) is 15.8. The van der Waals surface area contributed by atoms with Crippen molar-refractivity contribution in [2.75, 3.05) is 51.1 Å². The predicted octanol–water partition coefficient (Wildman–Crippen LogP) is 7.30. The molecule has 0 radical (unpaired) electrons. The smallest absolute Gasteiger partial charge is 0.374 e. The molecular weight excluding hydrogens is 561 g/mol. The van der Waals surface area contributed by atoms with Gasteiger partial charge in [-0.25, -0.2) is 0 Å². The lowest BCUT2D eigenvalue weighted by atomic mass is 10.6. The molecule has 0 spiro atoms. The van der Waals surface area contributed by atoms with Crippen LogP contribution in [0.4, 0.5) is 0 Å². The summed E-state index contributed by atoms with van der Waals surface area (Å²) in [5, 5.41) is 0. The third-order valence-electron chi connectivity index (χ3n) is 3.72. The fourth-order valence-corrected chi connectivity index (χ4v) is 10.7. The molecule has 0 bridgehead atoms. The van der Waals surface area contributed by atoms with Gasteiger partial charge in [-0.15, -0.1) is 0 Å². The zero-order valence-corrected chi connectivity index (χ0v) is 27.5. The van der Waals surface area contributed by atoms with Crippen LogP contribution in [-0.4, -0.2) is 68.8 Å². The molecule has 0 unspecified atom stereocenters. The van der Waals surface area contributed by atoms with E-state index in [1.54, 1.807) is 0 Å². The molecule has 0 saturated heterocycles. The highest BCUT2D eigenvalue weighted by molar-refractivity contribution is 9.21. The van der Waals surface area contributed by atoms with E-state index in [0.29, 0.717) is 39.6 Å². The van der Waals surface area contributed by atoms with Crippen LogP contribution in [0.3, 0.4) is 0 Å². The van der Waals surface area contributed by atoms with E-state index in [0.717, 1.165) is 36.4 Å². The number of thiol groups is 2. The Labute approximate surface area is 225 Å². The second-order valence-corrected chi connectivity index (χ2v) is 18.0. The van der Waals surface area contributed by atoms with E-state index in [2.05, 4.69) is 23.3 Å². The molecule has 0 aliphatic heterocycles. The van der Waals surface area contributed by atoms with E-state index in [4.69, 9.17) is 26.6 Å². The number of hydrogen-bond donors (Lipinski definition) is 2. The van der Waals surface area contributed by atoms with E-state index in [1.807, 2.05) is 63.1 Å². The first-order valence-electron chi connectivity index (χ1n) is 11.2. The Kier molecular flexibility index (Phi) is 30.0. The van der Waals surface area contributed by atoms with Crippen molar-refractivity contribution < 1.29 is 26.6 Å². The van der Waals surface area contributed by atoms with Gasteiger partial charge < -0.3 is 26.6 Å². The summed E-state index contributed by atoms with van der Waals surface area (Å²) in [6.07, 6.45) is 2.08. The van der Waals surface area contributed by atoms with E-state index in [1.165, 1.54) is 19.7 Å². The topological polar surface area (TPSA) is 55.4 Å². The van der Waals surface area contributed by atoms with Gasteiger partial charge >= 0.3 is 17.6 Å². The Hall–Kier alpha value is 2.29. The van der Waals surface area contributed by atoms with Gasteiger partial charge in [0.05, 0.1) is 0 Å². The number of rotatable bonds is 22. The van der Waals surface area contributed by atoms with Crippen LogP contribution in [0, 0.1) is 0 Å². The van der Waals surface area contributed by atoms with Crippen molar-refractivity contribution >= 4 is 82.2 Å². The minimum absolute atomic E-state index is 0.638. The fraction of sp³-hybridized carbons (Fsp3) is 1.00. The lowest BCUT2D eigenvalue weighted by molar-refractivity contribution is 0.0704. The largest absolute Gasteiger partial charge is 0.500 e. The summed E-state index contributed by atoms with van der Waals surface area (Å²) >= 11 is 7.45. The van der Waals surface area contributed by atoms with Gasteiger partial charge in [0.2, 0.25) is 0 Å². The Morgan fingerprint density at radius 1 is 0.500 bits per heavy atom. The van der Waals surface area contributed by atoms with Gasteiger partial charge in [0.1, 0.15) is 0 Å². The molecule has 0 fully saturated rings. The molecule has 0 rings (SSSR count). The molecule has 0 aromatic heterocycles. The van der Waals surface area contributed by atoms with Crippen LogP contribution in [0.1, 0.15) is 54.4 Å². The maximum atomic E-state index is 5.90. The summed E-state index contributed by atoms with van der Waals surface area (Å²) < 4.78 is 35.4. The second kappa shape index (κ2) is 26.4. The lowest BCUT2D eigenvalue weighted by Gasteiger charge is -2.28. The van der Waals surface area contributed by atoms with Crippen LogP contribution in [0.5, 0.6) is 0 Å². The van der Waals surface area contributed by atoms with Gasteiger partial charge in [0.15, 0.2) is 0 Å². The van der Waals surface area contributed by atoms with Crippen LogP contribution in [0.15, 0.2) is 0 Å². The SMILES string of the molecule is CCO[Si](CCCSSCCC[Si](OCC)(OCC)OCC)(OCC)OCC.SSSS. The molecule has 6 nitrogen and oxygen atoms in total. The Morgan fingerprint density at radius 2 is 0.750 bits per heavy atom. The molecule has 0 amide bonds. The van der Waals surface area contributed by atoms with Crippen molar-refractivity contribution in [1.82, 2.24) is 0 Å². The summed E-state index contributed by atoms with van der Waals surface area (Å²) in [6, 6.07) is 1.76. The minimum atomic E-state index is -2.49. The van der Waals surface area contributed by atoms with Crippen LogP contribution in [-0.2, 0) is 26.6 Å². The maximum Gasteiger partial charge on any atom is 0.500 e. The minimum Gasteiger partial charge on any atom is -0.374 e. The molecule has 0 saturated carbocycles. The third kappa shape index (κ3) is 19.5. The molecule has 0 aliphatic carbocycles. The first kappa shape index (κ1) is 36.5. The van der Waals surface area contributed by atoms with Crippen molar-refractivity contribution in [2.24, 2.45) is 0 Å². The van der Waals surface area contributed by atoms with Gasteiger partial charge in [-0.05, 0) is 74.0 Å². The normalized spacial score (nSPS) is 12.0. The molecule has 0 aromatic carbocycles. The maximum absolute atomic E-state index is 5.90. The fourth-order valence-electron chi connectivity index (χ4n) is 2.82. The summed E-state index contributed by atoms with van der Waals surface area (Å²) in [5.74, 6) is 2.13. The standard InChI is InChI=1S/C18H42O6S2Si2.H2S4/c1-7-19-27(20-8-2,21-9-3)17-13-15-25-26-16-14-18-28(22-10-4,23-11-5)24-12-6;1-3-4-2/h7-18H2,1-6H3;1-2H. The molecule has 0 N–H and O–H groups in total. The quantitative estimate of drug-likeness (QED) is 0.0570. The number of hydrogen-bond acceptors (Lipinski definition) is 12. The van der Waals surface area contributed by atoms with Crippen molar-refractivity contribution in [3.8, 4) is 0 Å². The van der Waals surface area contributed by atoms with Crippen molar-refractivity contribution in [1.29, 1.82) is 0 Å². The van der Waals surface area contributed by atoms with Crippen LogP contribution >= 0.6 is 64.6 Å². The zero-order valence-electron chi connectivity index (χ0n) is 20.5. The van der Waals surface area contributed by atoms with Crippen LogP contribution < -0.4 is 0 Å². The Balaban J connectivity index is 0. The van der Waals surface area contributed by atoms with Crippen molar-refractivity contribution in [2.45, 2.75) is 66.5 Å². The lowest BCUT2D eigenvalue weighted by Crippen LogP contribution is -2.46. The predicted molar refractivity (Wildman–Crippen MR) is 158 cm³/mol. The van der Waals surface area contributed by atoms with Crippen molar-refractivity contribution in [3.63, 3.8) is 0 Å². The second-order valence-electron chi connectivity index (χ2n) is 5.96. The van der Waals surface area contributed by atoms with Gasteiger partial charge in [0.25, 0.3) is 0 Å². The highest BCUT2D eigenvalue weighted by Gasteiger charge is 2.40. The zero-order chi connectivity index (χ0) is 24.6. The van der Waals surface area contributed by atoms with E-state index < -0.39 is 17.6 Å². The van der Waals surface area contributed by atoms with E-state index in [9.17, 15) is 0 Å². The molecule has 0 heterocycles. The molecular formula is C18H44O6S6Si2. The first-order valence-corrected chi connectivity index (χ1v) is 21.8. The van der Waals surface area contributed by atoms with Gasteiger partial charge in [-0.3, -0.25) is 0 Å². The highest BCUT2D eigenvalue weighted by Crippen LogP contribution is 2.28. The first-order chi connectivity index (χ1) is 15.5. The van der Waals surface area contributed by atoms with Crippen LogP contribution in [0.2, 0.25) is 12.1 Å². The molecule has 14 heteroatoms. The highest BCUT2D eigenvalue weighted by atomic mass is 33.7. The Bertz CT molecular complexity index is 326. The van der Waals surface area contributed by atoms with E-state index >= 15 is 0 Å². The van der Waals surface area contributed by atoms with Crippen LogP contribution in [0.25, 0.3) is 0 Å². The summed E-state index contributed by atoms with van der Waals surface area (Å²) in [5.41, 5.74) is 0. The molecule has 196 valence electrons. The monoisotopic (exact) mass is 604 g/mol. The molecule has 0 atom stereocenters. The third-order valence-corrected chi connectivity index (χ3v) is 15.3. The van der Waals surface area contributed by atoms with Gasteiger partial charge in [0, 0.05) is 63.2 Å². The molecule has 32 heavy (non-hydrogen) atoms. The summed E-state index contributed by atoms with van der Waals surface area (Å²) in [4.78, 5) is 0. The average molecular weight is 605 g/mol. The average Bonchev–Trinajstić information content (AvgIpc) is 2.77. The molecule has 0 aliphatic rings. The van der Waals surface area contributed by atoms with Gasteiger partial charge in [-0.2, -0.15) is 0 Å². The molecule has 0 aromatic rings. The van der Waals surface area contributed by atoms with E-state index in [-0.39, 0.29) is 0 Å². The summed E-state index contributed by atoms with van der Waals surface area (Å²) in [7, 11) is 1.49. The van der Waals surface area contributed by atoms with Gasteiger partial charge in [-0.1, -0.05) is 44.9 Å². The Morgan fingerprint density at radius 3 is 0.938 bits per heavy atom. The van der Waals surface area contributed by atoms with Crippen molar-refractivity contribution in [3.05, 3.63) is 0 Å².